The van der Waals surface area contributed by atoms with Crippen molar-refractivity contribution in [2.45, 2.75) is 46.2 Å². The molecule has 1 aliphatic rings. The van der Waals surface area contributed by atoms with Gasteiger partial charge in [0.25, 0.3) is 0 Å². The van der Waals surface area contributed by atoms with Crippen molar-refractivity contribution in [1.82, 2.24) is 9.88 Å². The molecule has 0 bridgehead atoms. The summed E-state index contributed by atoms with van der Waals surface area (Å²) in [5, 5.41) is 1.45. The molecule has 150 valence electrons. The monoisotopic (exact) mass is 410 g/mol. The molecular weight excluding hydrogens is 387 g/mol. The van der Waals surface area contributed by atoms with Gasteiger partial charge in [-0.3, -0.25) is 4.79 Å². The van der Waals surface area contributed by atoms with Gasteiger partial charge in [0.15, 0.2) is 0 Å². The Labute approximate surface area is 175 Å². The molecule has 1 saturated carbocycles. The molecule has 0 spiro atoms. The molecule has 3 aromatic rings. The van der Waals surface area contributed by atoms with Crippen LogP contribution in [0.4, 0.5) is 4.39 Å². The molecule has 0 aliphatic heterocycles. The van der Waals surface area contributed by atoms with Gasteiger partial charge in [-0.25, -0.2) is 9.37 Å². The highest BCUT2D eigenvalue weighted by atomic mass is 35.5. The predicted molar refractivity (Wildman–Crippen MR) is 114 cm³/mol. The number of carbonyl (C=O) groups is 1. The second kappa shape index (κ2) is 8.11. The second-order valence-electron chi connectivity index (χ2n) is 8.04. The fourth-order valence-corrected chi connectivity index (χ4v) is 4.12. The van der Waals surface area contributed by atoms with Crippen LogP contribution in [0.15, 0.2) is 42.5 Å². The molecule has 1 amide bonds. The van der Waals surface area contributed by atoms with Crippen molar-refractivity contribution in [3.05, 3.63) is 75.7 Å². The third-order valence-electron chi connectivity index (χ3n) is 5.69. The lowest BCUT2D eigenvalue weighted by molar-refractivity contribution is -0.139. The highest BCUT2D eigenvalue weighted by Crippen LogP contribution is 2.31. The Morgan fingerprint density at radius 2 is 1.86 bits per heavy atom. The van der Waals surface area contributed by atoms with Crippen molar-refractivity contribution in [2.24, 2.45) is 5.92 Å². The second-order valence-corrected chi connectivity index (χ2v) is 8.40. The van der Waals surface area contributed by atoms with Gasteiger partial charge in [0.2, 0.25) is 5.91 Å². The van der Waals surface area contributed by atoms with E-state index in [-0.39, 0.29) is 17.6 Å². The van der Waals surface area contributed by atoms with Crippen LogP contribution in [-0.4, -0.2) is 15.8 Å². The fourth-order valence-electron chi connectivity index (χ4n) is 3.92. The Bertz CT molecular complexity index is 1060. The number of benzene rings is 2. The van der Waals surface area contributed by atoms with E-state index in [9.17, 15) is 9.18 Å². The summed E-state index contributed by atoms with van der Waals surface area (Å²) in [4.78, 5) is 19.5. The average Bonchev–Trinajstić information content (AvgIpc) is 2.62. The van der Waals surface area contributed by atoms with Crippen LogP contribution >= 0.6 is 11.6 Å². The van der Waals surface area contributed by atoms with Crippen LogP contribution in [0.5, 0.6) is 0 Å². The minimum absolute atomic E-state index is 0.0760. The van der Waals surface area contributed by atoms with E-state index in [1.54, 1.807) is 12.1 Å². The largest absolute Gasteiger partial charge is 0.334 e. The van der Waals surface area contributed by atoms with Gasteiger partial charge in [0, 0.05) is 30.0 Å². The number of rotatable bonds is 5. The first-order chi connectivity index (χ1) is 13.9. The van der Waals surface area contributed by atoms with E-state index in [4.69, 9.17) is 11.6 Å². The smallest absolute Gasteiger partial charge is 0.226 e. The summed E-state index contributed by atoms with van der Waals surface area (Å²) in [6.45, 7) is 4.90. The van der Waals surface area contributed by atoms with Gasteiger partial charge in [0.1, 0.15) is 11.0 Å². The molecule has 2 aromatic carbocycles. The number of aromatic nitrogens is 1. The van der Waals surface area contributed by atoms with Gasteiger partial charge in [-0.05, 0) is 62.1 Å². The lowest BCUT2D eigenvalue weighted by Gasteiger charge is -2.32. The van der Waals surface area contributed by atoms with Gasteiger partial charge in [-0.1, -0.05) is 41.8 Å². The topological polar surface area (TPSA) is 33.2 Å². The third kappa shape index (κ3) is 4.27. The normalized spacial score (nSPS) is 14.1. The number of carbonyl (C=O) groups excluding carboxylic acids is 1. The lowest BCUT2D eigenvalue weighted by atomic mass is 9.84. The van der Waals surface area contributed by atoms with Gasteiger partial charge >= 0.3 is 0 Å². The Hall–Kier alpha value is -2.46. The summed E-state index contributed by atoms with van der Waals surface area (Å²) in [5.74, 6) is -0.0672. The lowest BCUT2D eigenvalue weighted by Crippen LogP contribution is -2.38. The summed E-state index contributed by atoms with van der Waals surface area (Å²) in [6, 6.07) is 12.5. The van der Waals surface area contributed by atoms with Crippen LogP contribution < -0.4 is 0 Å². The van der Waals surface area contributed by atoms with Crippen LogP contribution in [0, 0.1) is 25.6 Å². The Morgan fingerprint density at radius 3 is 2.52 bits per heavy atom. The quantitative estimate of drug-likeness (QED) is 0.485. The van der Waals surface area contributed by atoms with Crippen molar-refractivity contribution in [3.63, 3.8) is 0 Å². The van der Waals surface area contributed by atoms with Crippen LogP contribution in [0.25, 0.3) is 10.9 Å². The number of aryl methyl sites for hydroxylation is 2. The van der Waals surface area contributed by atoms with Crippen molar-refractivity contribution < 1.29 is 9.18 Å². The minimum atomic E-state index is -0.280. The summed E-state index contributed by atoms with van der Waals surface area (Å²) in [6.07, 6.45) is 2.96. The molecule has 1 heterocycles. The molecule has 1 fully saturated rings. The number of halogens is 2. The van der Waals surface area contributed by atoms with Crippen LogP contribution in [0.1, 0.15) is 41.5 Å². The molecule has 1 aliphatic carbocycles. The van der Waals surface area contributed by atoms with Crippen molar-refractivity contribution in [2.75, 3.05) is 0 Å². The van der Waals surface area contributed by atoms with Crippen LogP contribution in [0.2, 0.25) is 5.15 Å². The minimum Gasteiger partial charge on any atom is -0.334 e. The highest BCUT2D eigenvalue weighted by Gasteiger charge is 2.30. The van der Waals surface area contributed by atoms with E-state index in [1.807, 2.05) is 17.9 Å². The summed E-state index contributed by atoms with van der Waals surface area (Å²) in [5.41, 5.74) is 4.87. The van der Waals surface area contributed by atoms with Crippen molar-refractivity contribution in [3.8, 4) is 0 Å². The zero-order chi connectivity index (χ0) is 20.5. The van der Waals surface area contributed by atoms with Gasteiger partial charge in [-0.2, -0.15) is 0 Å². The maximum atomic E-state index is 13.3. The SMILES string of the molecule is Cc1cc(C)c2nc(Cl)c(CN(Cc3ccc(F)cc3)C(=O)C3CCC3)cc2c1. The molecule has 4 rings (SSSR count). The number of hydrogen-bond acceptors (Lipinski definition) is 2. The van der Waals surface area contributed by atoms with Crippen LogP contribution in [0.3, 0.4) is 0 Å². The molecular formula is C24H24ClFN2O. The standard InChI is InChI=1S/C24H24ClFN2O/c1-15-10-16(2)22-19(11-15)12-20(23(25)27-22)14-28(24(29)18-4-3-5-18)13-17-6-8-21(26)9-7-17/h6-12,18H,3-5,13-14H2,1-2H3. The molecule has 29 heavy (non-hydrogen) atoms. The van der Waals surface area contributed by atoms with Gasteiger partial charge in [-0.15, -0.1) is 0 Å². The molecule has 0 atom stereocenters. The fraction of sp³-hybridized carbons (Fsp3) is 0.333. The van der Waals surface area contributed by atoms with E-state index in [0.717, 1.165) is 46.9 Å². The summed E-state index contributed by atoms with van der Waals surface area (Å²) < 4.78 is 13.3. The number of pyridine rings is 1. The number of nitrogens with zero attached hydrogens (tertiary/aromatic N) is 2. The molecule has 0 saturated heterocycles. The maximum Gasteiger partial charge on any atom is 0.226 e. The van der Waals surface area contributed by atoms with Crippen molar-refractivity contribution in [1.29, 1.82) is 0 Å². The average molecular weight is 411 g/mol. The number of fused-ring (bicyclic) bond motifs is 1. The molecule has 5 heteroatoms. The maximum absolute atomic E-state index is 13.3. The van der Waals surface area contributed by atoms with E-state index in [1.165, 1.54) is 17.7 Å². The summed E-state index contributed by atoms with van der Waals surface area (Å²) >= 11 is 6.52. The Kier molecular flexibility index (Phi) is 5.55. The van der Waals surface area contributed by atoms with E-state index in [2.05, 4.69) is 24.0 Å². The number of hydrogen-bond donors (Lipinski definition) is 0. The Balaban J connectivity index is 1.66. The Morgan fingerprint density at radius 1 is 1.14 bits per heavy atom. The molecule has 3 nitrogen and oxygen atoms in total. The summed E-state index contributed by atoms with van der Waals surface area (Å²) in [7, 11) is 0. The van der Waals surface area contributed by atoms with Gasteiger partial charge < -0.3 is 4.90 Å². The van der Waals surface area contributed by atoms with E-state index < -0.39 is 0 Å². The third-order valence-corrected chi connectivity index (χ3v) is 6.02. The first kappa shape index (κ1) is 19.8. The molecule has 0 unspecified atom stereocenters. The van der Waals surface area contributed by atoms with E-state index >= 15 is 0 Å². The first-order valence-corrected chi connectivity index (χ1v) is 10.4. The van der Waals surface area contributed by atoms with Gasteiger partial charge in [0.05, 0.1) is 5.52 Å². The van der Waals surface area contributed by atoms with Crippen LogP contribution in [-0.2, 0) is 17.9 Å². The zero-order valence-electron chi connectivity index (χ0n) is 16.7. The zero-order valence-corrected chi connectivity index (χ0v) is 17.5. The first-order valence-electron chi connectivity index (χ1n) is 10.0. The molecule has 1 aromatic heterocycles. The molecule has 0 N–H and O–H groups in total. The molecule has 0 radical (unpaired) electrons. The van der Waals surface area contributed by atoms with Crippen molar-refractivity contribution >= 4 is 28.4 Å². The predicted octanol–water partition coefficient (Wildman–Crippen LogP) is 5.97. The van der Waals surface area contributed by atoms with E-state index in [0.29, 0.717) is 18.2 Å². The number of amides is 1. The highest BCUT2D eigenvalue weighted by molar-refractivity contribution is 6.30.